The Morgan fingerprint density at radius 2 is 2.00 bits per heavy atom. The van der Waals surface area contributed by atoms with Crippen LogP contribution in [0, 0.1) is 11.6 Å². The van der Waals surface area contributed by atoms with Crippen LogP contribution in [0.3, 0.4) is 0 Å². The van der Waals surface area contributed by atoms with Crippen molar-refractivity contribution in [3.63, 3.8) is 0 Å². The Bertz CT molecular complexity index is 421. The number of pyridine rings is 1. The zero-order valence-electron chi connectivity index (χ0n) is 9.56. The molecule has 1 heterocycles. The van der Waals surface area contributed by atoms with E-state index in [2.05, 4.69) is 15.6 Å². The molecule has 0 spiro atoms. The molecular formula is C11H15F2N3O. The van der Waals surface area contributed by atoms with Crippen LogP contribution in [0.2, 0.25) is 0 Å². The molecule has 0 aliphatic heterocycles. The van der Waals surface area contributed by atoms with E-state index in [-0.39, 0.29) is 18.2 Å². The molecule has 0 radical (unpaired) electrons. The van der Waals surface area contributed by atoms with Gasteiger partial charge < -0.3 is 15.7 Å². The molecule has 94 valence electrons. The summed E-state index contributed by atoms with van der Waals surface area (Å²) < 4.78 is 26.8. The Kier molecular flexibility index (Phi) is 3.15. The van der Waals surface area contributed by atoms with Crippen molar-refractivity contribution in [2.24, 2.45) is 0 Å². The van der Waals surface area contributed by atoms with Gasteiger partial charge >= 0.3 is 0 Å². The summed E-state index contributed by atoms with van der Waals surface area (Å²) in [6, 6.07) is 0.792. The molecule has 17 heavy (non-hydrogen) atoms. The van der Waals surface area contributed by atoms with Gasteiger partial charge in [-0.15, -0.1) is 0 Å². The van der Waals surface area contributed by atoms with Crippen LogP contribution in [0.25, 0.3) is 0 Å². The Labute approximate surface area is 98.1 Å². The third kappa shape index (κ3) is 2.46. The Morgan fingerprint density at radius 1 is 1.35 bits per heavy atom. The number of aromatic nitrogens is 1. The van der Waals surface area contributed by atoms with Crippen molar-refractivity contribution in [2.45, 2.75) is 25.3 Å². The molecule has 0 amide bonds. The van der Waals surface area contributed by atoms with E-state index in [1.54, 1.807) is 6.92 Å². The van der Waals surface area contributed by atoms with Crippen LogP contribution < -0.4 is 10.6 Å². The van der Waals surface area contributed by atoms with Gasteiger partial charge in [0.05, 0.1) is 12.1 Å². The van der Waals surface area contributed by atoms with Crippen molar-refractivity contribution in [1.82, 2.24) is 4.98 Å². The first-order valence-corrected chi connectivity index (χ1v) is 5.59. The van der Waals surface area contributed by atoms with E-state index in [1.165, 1.54) is 0 Å². The van der Waals surface area contributed by atoms with Gasteiger partial charge in [-0.3, -0.25) is 0 Å². The zero-order chi connectivity index (χ0) is 12.5. The highest BCUT2D eigenvalue weighted by molar-refractivity contribution is 5.50. The molecule has 1 aromatic heterocycles. The summed E-state index contributed by atoms with van der Waals surface area (Å²) in [5, 5.41) is 14.7. The third-order valence-corrected chi connectivity index (χ3v) is 2.81. The van der Waals surface area contributed by atoms with Crippen LogP contribution in [0.4, 0.5) is 20.4 Å². The van der Waals surface area contributed by atoms with E-state index in [9.17, 15) is 8.78 Å². The third-order valence-electron chi connectivity index (χ3n) is 2.81. The number of aliphatic hydroxyl groups is 1. The lowest BCUT2D eigenvalue weighted by Crippen LogP contribution is -2.27. The molecule has 1 aliphatic rings. The molecule has 0 atom stereocenters. The predicted octanol–water partition coefficient (Wildman–Crippen LogP) is 1.73. The van der Waals surface area contributed by atoms with Crippen molar-refractivity contribution < 1.29 is 13.9 Å². The fourth-order valence-corrected chi connectivity index (χ4v) is 1.57. The summed E-state index contributed by atoms with van der Waals surface area (Å²) in [6.07, 6.45) is 1.52. The minimum absolute atomic E-state index is 0.0186. The number of nitrogens with one attached hydrogen (secondary N) is 2. The molecule has 0 bridgehead atoms. The fourth-order valence-electron chi connectivity index (χ4n) is 1.57. The quantitative estimate of drug-likeness (QED) is 0.737. The van der Waals surface area contributed by atoms with Crippen LogP contribution in [0.5, 0.6) is 0 Å². The number of halogens is 2. The van der Waals surface area contributed by atoms with Crippen molar-refractivity contribution in [2.75, 3.05) is 23.8 Å². The van der Waals surface area contributed by atoms with E-state index >= 15 is 0 Å². The van der Waals surface area contributed by atoms with Crippen molar-refractivity contribution >= 4 is 11.6 Å². The summed E-state index contributed by atoms with van der Waals surface area (Å²) >= 11 is 0. The molecule has 2 rings (SSSR count). The standard InChI is InChI=1S/C11H15F2N3O/c1-2-14-9-7(12)5-8(13)10(15-9)16-11(6-17)3-4-11/h5,17H,2-4,6H2,1H3,(H2,14,15,16). The summed E-state index contributed by atoms with van der Waals surface area (Å²) in [5.74, 6) is -1.47. The number of hydrogen-bond acceptors (Lipinski definition) is 4. The second-order valence-corrected chi connectivity index (χ2v) is 4.24. The normalized spacial score (nSPS) is 16.7. The highest BCUT2D eigenvalue weighted by atomic mass is 19.1. The fraction of sp³-hybridized carbons (Fsp3) is 0.545. The largest absolute Gasteiger partial charge is 0.394 e. The van der Waals surface area contributed by atoms with Crippen LogP contribution in [-0.2, 0) is 0 Å². The zero-order valence-corrected chi connectivity index (χ0v) is 9.56. The molecule has 1 aliphatic carbocycles. The van der Waals surface area contributed by atoms with Gasteiger partial charge in [0.25, 0.3) is 0 Å². The Morgan fingerprint density at radius 3 is 2.53 bits per heavy atom. The van der Waals surface area contributed by atoms with Crippen molar-refractivity contribution in [1.29, 1.82) is 0 Å². The number of anilines is 2. The Balaban J connectivity index is 2.24. The molecule has 6 heteroatoms. The van der Waals surface area contributed by atoms with E-state index in [0.29, 0.717) is 6.54 Å². The highest BCUT2D eigenvalue weighted by Crippen LogP contribution is 2.38. The van der Waals surface area contributed by atoms with Gasteiger partial charge in [-0.1, -0.05) is 0 Å². The van der Waals surface area contributed by atoms with E-state index in [1.807, 2.05) is 0 Å². The highest BCUT2D eigenvalue weighted by Gasteiger charge is 2.43. The topological polar surface area (TPSA) is 57.2 Å². The van der Waals surface area contributed by atoms with Crippen LogP contribution in [0.1, 0.15) is 19.8 Å². The molecule has 0 aromatic carbocycles. The van der Waals surface area contributed by atoms with Gasteiger partial charge in [0.15, 0.2) is 23.3 Å². The summed E-state index contributed by atoms with van der Waals surface area (Å²) in [6.45, 7) is 2.22. The van der Waals surface area contributed by atoms with Crippen LogP contribution in [-0.4, -0.2) is 28.8 Å². The number of hydrogen-bond donors (Lipinski definition) is 3. The monoisotopic (exact) mass is 243 g/mol. The maximum atomic E-state index is 13.5. The molecule has 3 N–H and O–H groups in total. The first kappa shape index (κ1) is 12.0. The average Bonchev–Trinajstić information content (AvgIpc) is 3.06. The minimum atomic E-state index is -0.746. The van der Waals surface area contributed by atoms with Crippen LogP contribution in [0.15, 0.2) is 6.07 Å². The smallest absolute Gasteiger partial charge is 0.168 e. The summed E-state index contributed by atoms with van der Waals surface area (Å²) in [4.78, 5) is 3.85. The van der Waals surface area contributed by atoms with E-state index in [0.717, 1.165) is 18.9 Å². The first-order chi connectivity index (χ1) is 8.10. The molecule has 1 fully saturated rings. The van der Waals surface area contributed by atoms with Gasteiger partial charge in [0, 0.05) is 12.6 Å². The molecule has 4 nitrogen and oxygen atoms in total. The maximum Gasteiger partial charge on any atom is 0.168 e. The number of rotatable bonds is 5. The lowest BCUT2D eigenvalue weighted by atomic mass is 10.3. The lowest BCUT2D eigenvalue weighted by Gasteiger charge is -2.16. The van der Waals surface area contributed by atoms with Gasteiger partial charge in [-0.05, 0) is 19.8 Å². The molecular weight excluding hydrogens is 228 g/mol. The summed E-state index contributed by atoms with van der Waals surface area (Å²) in [7, 11) is 0. The van der Waals surface area contributed by atoms with Crippen molar-refractivity contribution in [3.8, 4) is 0 Å². The first-order valence-electron chi connectivity index (χ1n) is 5.59. The minimum Gasteiger partial charge on any atom is -0.394 e. The SMILES string of the molecule is CCNc1nc(NC2(CO)CC2)c(F)cc1F. The van der Waals surface area contributed by atoms with Crippen molar-refractivity contribution in [3.05, 3.63) is 17.7 Å². The maximum absolute atomic E-state index is 13.5. The molecule has 1 saturated carbocycles. The molecule has 1 aromatic rings. The number of aliphatic hydroxyl groups excluding tert-OH is 1. The van der Waals surface area contributed by atoms with Gasteiger partial charge in [0.1, 0.15) is 0 Å². The average molecular weight is 243 g/mol. The van der Waals surface area contributed by atoms with E-state index < -0.39 is 17.2 Å². The Hall–Kier alpha value is -1.43. The van der Waals surface area contributed by atoms with Gasteiger partial charge in [-0.25, -0.2) is 13.8 Å². The number of nitrogens with zero attached hydrogens (tertiary/aromatic N) is 1. The van der Waals surface area contributed by atoms with Crippen LogP contribution >= 0.6 is 0 Å². The predicted molar refractivity (Wildman–Crippen MR) is 61.0 cm³/mol. The second-order valence-electron chi connectivity index (χ2n) is 4.24. The lowest BCUT2D eigenvalue weighted by molar-refractivity contribution is 0.265. The van der Waals surface area contributed by atoms with Gasteiger partial charge in [0.2, 0.25) is 0 Å². The second kappa shape index (κ2) is 4.44. The molecule has 0 unspecified atom stereocenters. The van der Waals surface area contributed by atoms with Gasteiger partial charge in [-0.2, -0.15) is 0 Å². The van der Waals surface area contributed by atoms with E-state index in [4.69, 9.17) is 5.11 Å². The molecule has 0 saturated heterocycles. The summed E-state index contributed by atoms with van der Waals surface area (Å²) in [5.41, 5.74) is -0.477.